The lowest BCUT2D eigenvalue weighted by Gasteiger charge is -2.28. The Kier molecular flexibility index (Phi) is 8.88. The molecular weight excluding hydrogens is 500 g/mol. The van der Waals surface area contributed by atoms with Crippen LogP contribution >= 0.6 is 0 Å². The Hall–Kier alpha value is -3.30. The Morgan fingerprint density at radius 3 is 1.56 bits per heavy atom. The zero-order valence-electron chi connectivity index (χ0n) is 22.8. The summed E-state index contributed by atoms with van der Waals surface area (Å²) in [5.41, 5.74) is 3.11. The lowest BCUT2D eigenvalue weighted by atomic mass is 10.0. The summed E-state index contributed by atoms with van der Waals surface area (Å²) in [6.45, 7) is 1.85. The van der Waals surface area contributed by atoms with E-state index >= 15 is 0 Å². The van der Waals surface area contributed by atoms with Crippen LogP contribution < -0.4 is 18.9 Å². The van der Waals surface area contributed by atoms with E-state index in [0.717, 1.165) is 16.7 Å². The monoisotopic (exact) mass is 536 g/mol. The van der Waals surface area contributed by atoms with Crippen LogP contribution in [0.3, 0.4) is 0 Å². The number of ether oxygens (including phenoxy) is 8. The fourth-order valence-corrected chi connectivity index (χ4v) is 5.18. The Labute approximate surface area is 229 Å². The molecule has 2 fully saturated rings. The predicted octanol–water partition coefficient (Wildman–Crippen LogP) is 4.81. The lowest BCUT2D eigenvalue weighted by molar-refractivity contribution is -0.108. The van der Waals surface area contributed by atoms with Gasteiger partial charge in [0.2, 0.25) is 0 Å². The Bertz CT molecular complexity index is 1140. The van der Waals surface area contributed by atoms with E-state index in [1.54, 1.807) is 28.4 Å². The summed E-state index contributed by atoms with van der Waals surface area (Å²) >= 11 is 0. The zero-order chi connectivity index (χ0) is 27.2. The van der Waals surface area contributed by atoms with Crippen molar-refractivity contribution in [3.63, 3.8) is 0 Å². The quantitative estimate of drug-likeness (QED) is 0.272. The minimum Gasteiger partial charge on any atom is -0.493 e. The first-order chi connectivity index (χ1) is 19.1. The Balaban J connectivity index is 1.27. The van der Waals surface area contributed by atoms with Crippen molar-refractivity contribution in [2.75, 3.05) is 35.0 Å². The van der Waals surface area contributed by atoms with E-state index in [1.807, 2.05) is 54.6 Å². The van der Waals surface area contributed by atoms with E-state index in [2.05, 4.69) is 12.1 Å². The molecule has 1 saturated carbocycles. The van der Waals surface area contributed by atoms with Gasteiger partial charge < -0.3 is 37.9 Å². The van der Waals surface area contributed by atoms with Gasteiger partial charge in [-0.1, -0.05) is 42.5 Å². The van der Waals surface area contributed by atoms with E-state index in [-0.39, 0.29) is 30.3 Å². The summed E-state index contributed by atoms with van der Waals surface area (Å²) in [5, 5.41) is 0. The third kappa shape index (κ3) is 6.31. The molecule has 2 aliphatic rings. The molecule has 3 aromatic carbocycles. The number of epoxide rings is 1. The Morgan fingerprint density at radius 2 is 1.08 bits per heavy atom. The molecule has 0 amide bonds. The minimum atomic E-state index is -0.158. The van der Waals surface area contributed by atoms with E-state index in [1.165, 1.54) is 0 Å². The summed E-state index contributed by atoms with van der Waals surface area (Å²) in [6.07, 6.45) is -0.361. The van der Waals surface area contributed by atoms with Crippen molar-refractivity contribution in [2.24, 2.45) is 5.92 Å². The van der Waals surface area contributed by atoms with Crippen molar-refractivity contribution >= 4 is 0 Å². The first-order valence-corrected chi connectivity index (χ1v) is 13.1. The van der Waals surface area contributed by atoms with Crippen LogP contribution in [0.1, 0.15) is 16.7 Å². The van der Waals surface area contributed by atoms with Crippen LogP contribution in [0.15, 0.2) is 66.7 Å². The third-order valence-electron chi connectivity index (χ3n) is 7.26. The van der Waals surface area contributed by atoms with E-state index in [4.69, 9.17) is 37.9 Å². The number of benzene rings is 3. The summed E-state index contributed by atoms with van der Waals surface area (Å²) in [6, 6.07) is 21.8. The molecule has 1 unspecified atom stereocenters. The molecule has 39 heavy (non-hydrogen) atoms. The molecule has 208 valence electrons. The molecule has 1 aliphatic heterocycles. The SMILES string of the molecule is COc1ccc(CO[C@@H]2C(COCc3ccccc3)[C@H](OCc3ccc(OC)c(OC)c3)[C@H]3O[C@H]32)cc1OC. The topological polar surface area (TPSA) is 77.1 Å². The van der Waals surface area contributed by atoms with Crippen molar-refractivity contribution in [1.82, 2.24) is 0 Å². The van der Waals surface area contributed by atoms with Crippen LogP contribution in [-0.4, -0.2) is 59.5 Å². The molecule has 8 nitrogen and oxygen atoms in total. The second-order valence-electron chi connectivity index (χ2n) is 9.66. The molecule has 0 spiro atoms. The van der Waals surface area contributed by atoms with Gasteiger partial charge in [0.15, 0.2) is 23.0 Å². The zero-order valence-corrected chi connectivity index (χ0v) is 22.8. The molecule has 0 N–H and O–H groups in total. The van der Waals surface area contributed by atoms with Crippen LogP contribution in [0.2, 0.25) is 0 Å². The fourth-order valence-electron chi connectivity index (χ4n) is 5.18. The molecular formula is C31H36O8. The highest BCUT2D eigenvalue weighted by Crippen LogP contribution is 2.47. The average molecular weight is 537 g/mol. The number of methoxy groups -OCH3 is 4. The van der Waals surface area contributed by atoms with Crippen molar-refractivity contribution in [2.45, 2.75) is 44.2 Å². The molecule has 0 aromatic heterocycles. The van der Waals surface area contributed by atoms with Crippen LogP contribution in [0.4, 0.5) is 0 Å². The lowest BCUT2D eigenvalue weighted by Crippen LogP contribution is -2.37. The van der Waals surface area contributed by atoms with Gasteiger partial charge in [-0.25, -0.2) is 0 Å². The van der Waals surface area contributed by atoms with E-state index in [0.29, 0.717) is 49.4 Å². The summed E-state index contributed by atoms with van der Waals surface area (Å²) in [4.78, 5) is 0. The number of hydrogen-bond donors (Lipinski definition) is 0. The number of hydrogen-bond acceptors (Lipinski definition) is 8. The van der Waals surface area contributed by atoms with Gasteiger partial charge in [-0.3, -0.25) is 0 Å². The van der Waals surface area contributed by atoms with Crippen molar-refractivity contribution in [3.8, 4) is 23.0 Å². The van der Waals surface area contributed by atoms with Gasteiger partial charge in [-0.2, -0.15) is 0 Å². The van der Waals surface area contributed by atoms with Crippen LogP contribution in [-0.2, 0) is 38.8 Å². The highest BCUT2D eigenvalue weighted by molar-refractivity contribution is 5.43. The number of fused-ring (bicyclic) bond motifs is 1. The fraction of sp³-hybridized carbons (Fsp3) is 0.419. The van der Waals surface area contributed by atoms with E-state index in [9.17, 15) is 0 Å². The molecule has 0 radical (unpaired) electrons. The summed E-state index contributed by atoms with van der Waals surface area (Å²) in [7, 11) is 6.50. The minimum absolute atomic E-state index is 0.0118. The van der Waals surface area contributed by atoms with Gasteiger partial charge in [-0.05, 0) is 41.0 Å². The van der Waals surface area contributed by atoms with Crippen molar-refractivity contribution < 1.29 is 37.9 Å². The van der Waals surface area contributed by atoms with Crippen LogP contribution in [0.25, 0.3) is 0 Å². The van der Waals surface area contributed by atoms with Crippen LogP contribution in [0, 0.1) is 5.92 Å². The highest BCUT2D eigenvalue weighted by atomic mass is 16.7. The summed E-state index contributed by atoms with van der Waals surface area (Å²) in [5.74, 6) is 2.72. The van der Waals surface area contributed by atoms with Crippen molar-refractivity contribution in [1.29, 1.82) is 0 Å². The average Bonchev–Trinajstić information content (AvgIpc) is 3.71. The molecule has 3 aromatic rings. The van der Waals surface area contributed by atoms with Gasteiger partial charge in [0.25, 0.3) is 0 Å². The Morgan fingerprint density at radius 1 is 0.564 bits per heavy atom. The van der Waals surface area contributed by atoms with Gasteiger partial charge >= 0.3 is 0 Å². The standard InChI is InChI=1S/C31H36O8/c1-32-24-12-10-21(14-26(24)34-3)17-37-28-23(19-36-16-20-8-6-5-7-9-20)29(31-30(28)39-31)38-18-22-11-13-25(33-2)27(15-22)35-4/h5-15,23,28-31H,16-19H2,1-4H3/t23?,28-,29+,30+,31-. The highest BCUT2D eigenvalue weighted by Gasteiger charge is 2.63. The van der Waals surface area contributed by atoms with Gasteiger partial charge in [0.1, 0.15) is 12.2 Å². The smallest absolute Gasteiger partial charge is 0.161 e. The largest absolute Gasteiger partial charge is 0.493 e. The van der Waals surface area contributed by atoms with Gasteiger partial charge in [0, 0.05) is 5.92 Å². The maximum atomic E-state index is 6.46. The van der Waals surface area contributed by atoms with Crippen LogP contribution in [0.5, 0.6) is 23.0 Å². The molecule has 5 rings (SSSR count). The second-order valence-corrected chi connectivity index (χ2v) is 9.66. The van der Waals surface area contributed by atoms with Crippen molar-refractivity contribution in [3.05, 3.63) is 83.4 Å². The molecule has 8 heteroatoms. The third-order valence-corrected chi connectivity index (χ3v) is 7.26. The van der Waals surface area contributed by atoms with Gasteiger partial charge in [0.05, 0.1) is 67.1 Å². The number of rotatable bonds is 14. The maximum Gasteiger partial charge on any atom is 0.161 e. The predicted molar refractivity (Wildman–Crippen MR) is 144 cm³/mol. The van der Waals surface area contributed by atoms with Gasteiger partial charge in [-0.15, -0.1) is 0 Å². The molecule has 5 atom stereocenters. The molecule has 0 bridgehead atoms. The van der Waals surface area contributed by atoms with E-state index < -0.39 is 0 Å². The summed E-state index contributed by atoms with van der Waals surface area (Å²) < 4.78 is 46.8. The molecule has 1 saturated heterocycles. The normalized spacial score (nSPS) is 23.2. The molecule has 1 heterocycles. The first-order valence-electron chi connectivity index (χ1n) is 13.1. The molecule has 1 aliphatic carbocycles. The second kappa shape index (κ2) is 12.7. The first kappa shape index (κ1) is 27.3. The maximum absolute atomic E-state index is 6.46.